The molecule has 0 saturated carbocycles. The first-order valence-corrected chi connectivity index (χ1v) is 7.01. The Balaban J connectivity index is 2.19. The summed E-state index contributed by atoms with van der Waals surface area (Å²) in [4.78, 5) is 0. The molecule has 0 aliphatic rings. The zero-order chi connectivity index (χ0) is 16.3. The number of nitrogens with one attached hydrogen (secondary N) is 1. The van der Waals surface area contributed by atoms with Crippen molar-refractivity contribution in [3.63, 3.8) is 0 Å². The number of rotatable bonds is 3. The molecular formula is C14H8Cl3F3N2. The molecular weight excluding hydrogens is 360 g/mol. The molecule has 0 radical (unpaired) electrons. The second kappa shape index (κ2) is 6.77. The maximum atomic E-state index is 12.6. The molecule has 0 bridgehead atoms. The Morgan fingerprint density at radius 2 is 1.68 bits per heavy atom. The predicted molar refractivity (Wildman–Crippen MR) is 84.1 cm³/mol. The van der Waals surface area contributed by atoms with E-state index in [0.717, 1.165) is 18.2 Å². The summed E-state index contributed by atoms with van der Waals surface area (Å²) in [6.45, 7) is 0. The molecule has 116 valence electrons. The number of hydrazone groups is 1. The third-order valence-corrected chi connectivity index (χ3v) is 3.54. The van der Waals surface area contributed by atoms with Crippen molar-refractivity contribution in [1.29, 1.82) is 0 Å². The van der Waals surface area contributed by atoms with E-state index >= 15 is 0 Å². The van der Waals surface area contributed by atoms with Crippen molar-refractivity contribution in [3.05, 3.63) is 62.6 Å². The second-order valence-electron chi connectivity index (χ2n) is 4.23. The highest BCUT2D eigenvalue weighted by Gasteiger charge is 2.30. The van der Waals surface area contributed by atoms with Gasteiger partial charge in [0.15, 0.2) is 0 Å². The fourth-order valence-electron chi connectivity index (χ4n) is 1.56. The Bertz CT molecular complexity index is 715. The second-order valence-corrected chi connectivity index (χ2v) is 5.48. The van der Waals surface area contributed by atoms with E-state index < -0.39 is 11.7 Å². The highest BCUT2D eigenvalue weighted by Crippen LogP contribution is 2.33. The molecule has 22 heavy (non-hydrogen) atoms. The molecule has 0 spiro atoms. The van der Waals surface area contributed by atoms with Gasteiger partial charge >= 0.3 is 6.18 Å². The molecule has 2 aromatic carbocycles. The lowest BCUT2D eigenvalue weighted by atomic mass is 10.2. The molecule has 2 nitrogen and oxygen atoms in total. The van der Waals surface area contributed by atoms with E-state index in [-0.39, 0.29) is 10.7 Å². The van der Waals surface area contributed by atoms with Crippen LogP contribution in [0.4, 0.5) is 18.9 Å². The van der Waals surface area contributed by atoms with Crippen LogP contribution in [-0.4, -0.2) is 6.21 Å². The number of hydrogen-bond donors (Lipinski definition) is 1. The third kappa shape index (κ3) is 4.29. The number of hydrogen-bond acceptors (Lipinski definition) is 2. The zero-order valence-electron chi connectivity index (χ0n) is 10.8. The van der Waals surface area contributed by atoms with Gasteiger partial charge in [-0.15, -0.1) is 0 Å². The minimum Gasteiger partial charge on any atom is -0.277 e. The number of benzene rings is 2. The van der Waals surface area contributed by atoms with Crippen LogP contribution in [0.25, 0.3) is 0 Å². The quantitative estimate of drug-likeness (QED) is 0.513. The summed E-state index contributed by atoms with van der Waals surface area (Å²) in [5.41, 5.74) is 2.24. The maximum absolute atomic E-state index is 12.6. The molecule has 8 heteroatoms. The molecule has 2 aromatic rings. The topological polar surface area (TPSA) is 24.4 Å². The monoisotopic (exact) mass is 366 g/mol. The minimum atomic E-state index is -4.45. The van der Waals surface area contributed by atoms with Gasteiger partial charge in [-0.05, 0) is 30.3 Å². The molecule has 0 amide bonds. The Morgan fingerprint density at radius 3 is 2.32 bits per heavy atom. The summed E-state index contributed by atoms with van der Waals surface area (Å²) in [5.74, 6) is 0. The van der Waals surface area contributed by atoms with Gasteiger partial charge in [0.2, 0.25) is 0 Å². The fraction of sp³-hybridized carbons (Fsp3) is 0.0714. The van der Waals surface area contributed by atoms with Crippen LogP contribution in [0.1, 0.15) is 11.1 Å². The Morgan fingerprint density at radius 1 is 0.955 bits per heavy atom. The first-order valence-electron chi connectivity index (χ1n) is 5.88. The van der Waals surface area contributed by atoms with Crippen molar-refractivity contribution in [2.45, 2.75) is 6.18 Å². The zero-order valence-corrected chi connectivity index (χ0v) is 13.0. The van der Waals surface area contributed by atoms with Crippen molar-refractivity contribution >= 4 is 46.7 Å². The summed E-state index contributed by atoms with van der Waals surface area (Å²) in [7, 11) is 0. The van der Waals surface area contributed by atoms with Crippen LogP contribution < -0.4 is 5.43 Å². The third-order valence-electron chi connectivity index (χ3n) is 2.64. The molecule has 2 rings (SSSR count). The summed E-state index contributed by atoms with van der Waals surface area (Å²) in [5, 5.41) is 4.79. The van der Waals surface area contributed by atoms with Gasteiger partial charge in [0.25, 0.3) is 0 Å². The van der Waals surface area contributed by atoms with Crippen LogP contribution in [0, 0.1) is 0 Å². The number of nitrogens with zero attached hydrogens (tertiary/aromatic N) is 1. The average molecular weight is 368 g/mol. The fourth-order valence-corrected chi connectivity index (χ4v) is 2.18. The van der Waals surface area contributed by atoms with E-state index in [4.69, 9.17) is 34.8 Å². The van der Waals surface area contributed by atoms with E-state index in [9.17, 15) is 13.2 Å². The van der Waals surface area contributed by atoms with E-state index in [0.29, 0.717) is 15.6 Å². The highest BCUT2D eigenvalue weighted by atomic mass is 35.5. The van der Waals surface area contributed by atoms with Crippen LogP contribution in [0.3, 0.4) is 0 Å². The SMILES string of the molecule is FC(F)(F)c1ccc(Cl)c(N/N=C\c2ccc(Cl)cc2Cl)c1. The molecule has 0 unspecified atom stereocenters. The Kier molecular flexibility index (Phi) is 5.21. The summed E-state index contributed by atoms with van der Waals surface area (Å²) in [6, 6.07) is 7.70. The van der Waals surface area contributed by atoms with Gasteiger partial charge in [-0.2, -0.15) is 18.3 Å². The van der Waals surface area contributed by atoms with Gasteiger partial charge in [0.05, 0.1) is 27.5 Å². The van der Waals surface area contributed by atoms with Gasteiger partial charge in [-0.1, -0.05) is 40.9 Å². The number of alkyl halides is 3. The molecule has 0 aliphatic heterocycles. The lowest BCUT2D eigenvalue weighted by Gasteiger charge is -2.09. The van der Waals surface area contributed by atoms with Gasteiger partial charge in [0.1, 0.15) is 0 Å². The van der Waals surface area contributed by atoms with E-state index in [1.807, 2.05) is 0 Å². The van der Waals surface area contributed by atoms with Gasteiger partial charge in [-0.3, -0.25) is 5.43 Å². The lowest BCUT2D eigenvalue weighted by Crippen LogP contribution is -2.05. The van der Waals surface area contributed by atoms with Crippen LogP contribution in [0.15, 0.2) is 41.5 Å². The molecule has 1 N–H and O–H groups in total. The largest absolute Gasteiger partial charge is 0.416 e. The number of anilines is 1. The van der Waals surface area contributed by atoms with E-state index in [1.54, 1.807) is 12.1 Å². The van der Waals surface area contributed by atoms with Crippen molar-refractivity contribution in [1.82, 2.24) is 0 Å². The maximum Gasteiger partial charge on any atom is 0.416 e. The van der Waals surface area contributed by atoms with Crippen molar-refractivity contribution in [2.75, 3.05) is 5.43 Å². The van der Waals surface area contributed by atoms with Gasteiger partial charge in [-0.25, -0.2) is 0 Å². The van der Waals surface area contributed by atoms with Crippen LogP contribution >= 0.6 is 34.8 Å². The normalized spacial score (nSPS) is 11.9. The first kappa shape index (κ1) is 16.9. The molecule has 0 aromatic heterocycles. The van der Waals surface area contributed by atoms with Crippen molar-refractivity contribution in [2.24, 2.45) is 5.10 Å². The summed E-state index contributed by atoms with van der Waals surface area (Å²) < 4.78 is 37.9. The molecule has 0 fully saturated rings. The predicted octanol–water partition coefficient (Wildman–Crippen LogP) is 6.11. The molecule has 0 saturated heterocycles. The smallest absolute Gasteiger partial charge is 0.277 e. The van der Waals surface area contributed by atoms with E-state index in [2.05, 4.69) is 10.5 Å². The Hall–Kier alpha value is -1.43. The van der Waals surface area contributed by atoms with Crippen LogP contribution in [0.5, 0.6) is 0 Å². The van der Waals surface area contributed by atoms with E-state index in [1.165, 1.54) is 12.3 Å². The van der Waals surface area contributed by atoms with Crippen molar-refractivity contribution < 1.29 is 13.2 Å². The van der Waals surface area contributed by atoms with Gasteiger partial charge < -0.3 is 0 Å². The summed E-state index contributed by atoms with van der Waals surface area (Å²) >= 11 is 17.5. The van der Waals surface area contributed by atoms with Crippen LogP contribution in [-0.2, 0) is 6.18 Å². The first-order chi connectivity index (χ1) is 10.3. The van der Waals surface area contributed by atoms with Crippen molar-refractivity contribution in [3.8, 4) is 0 Å². The summed E-state index contributed by atoms with van der Waals surface area (Å²) in [6.07, 6.45) is -3.10. The van der Waals surface area contributed by atoms with Crippen LogP contribution in [0.2, 0.25) is 15.1 Å². The molecule has 0 atom stereocenters. The lowest BCUT2D eigenvalue weighted by molar-refractivity contribution is -0.137. The van der Waals surface area contributed by atoms with Gasteiger partial charge in [0, 0.05) is 10.6 Å². The highest BCUT2D eigenvalue weighted by molar-refractivity contribution is 6.36. The average Bonchev–Trinajstić information content (AvgIpc) is 2.42. The standard InChI is InChI=1S/C14H8Cl3F3N2/c15-10-3-1-8(12(17)6-10)7-21-22-13-5-9(14(18,19)20)2-4-11(13)16/h1-7,22H/b21-7-. The number of halogens is 6. The Labute approximate surface area is 139 Å². The minimum absolute atomic E-state index is 0.0397. The molecule has 0 heterocycles. The molecule has 0 aliphatic carbocycles.